The molecule has 0 fully saturated rings. The van der Waals surface area contributed by atoms with Crippen LogP contribution >= 0.6 is 0 Å². The van der Waals surface area contributed by atoms with E-state index < -0.39 is 15.1 Å². The van der Waals surface area contributed by atoms with Crippen LogP contribution in [-0.4, -0.2) is 33.8 Å². The molecule has 9 heteroatoms. The van der Waals surface area contributed by atoms with Crippen LogP contribution in [0.1, 0.15) is 29.5 Å². The molecule has 0 saturated heterocycles. The Morgan fingerprint density at radius 1 is 1.26 bits per heavy atom. The van der Waals surface area contributed by atoms with E-state index in [0.717, 1.165) is 0 Å². The minimum atomic E-state index is -3.54. The smallest absolute Gasteiger partial charge is 0.174 e. The lowest BCUT2D eigenvalue weighted by Gasteiger charge is -2.11. The molecule has 0 bridgehead atoms. The van der Waals surface area contributed by atoms with Crippen molar-refractivity contribution in [2.75, 3.05) is 0 Å². The second kappa shape index (κ2) is 5.92. The SMILES string of the molecule is Cc1cc(CS(=O)(=O)[C@H](C)c2nnnn2-c2ccccc2)no1. The summed E-state index contributed by atoms with van der Waals surface area (Å²) < 4.78 is 31.5. The van der Waals surface area contributed by atoms with Crippen LogP contribution in [-0.2, 0) is 15.6 Å². The van der Waals surface area contributed by atoms with Crippen LogP contribution in [0.3, 0.4) is 0 Å². The molecule has 2 heterocycles. The van der Waals surface area contributed by atoms with Gasteiger partial charge in [-0.05, 0) is 36.4 Å². The quantitative estimate of drug-likeness (QED) is 0.699. The maximum atomic E-state index is 12.6. The summed E-state index contributed by atoms with van der Waals surface area (Å²) in [5.74, 6) is 0.598. The molecule has 3 rings (SSSR count). The third kappa shape index (κ3) is 3.14. The van der Waals surface area contributed by atoms with Gasteiger partial charge >= 0.3 is 0 Å². The maximum absolute atomic E-state index is 12.6. The minimum Gasteiger partial charge on any atom is -0.361 e. The topological polar surface area (TPSA) is 104 Å². The van der Waals surface area contributed by atoms with Crippen LogP contribution in [0.15, 0.2) is 40.9 Å². The fourth-order valence-corrected chi connectivity index (χ4v) is 3.44. The first kappa shape index (κ1) is 15.3. The van der Waals surface area contributed by atoms with Crippen LogP contribution < -0.4 is 0 Å². The van der Waals surface area contributed by atoms with Crippen LogP contribution in [0.5, 0.6) is 0 Å². The first-order valence-electron chi connectivity index (χ1n) is 6.95. The molecule has 0 spiro atoms. The van der Waals surface area contributed by atoms with E-state index in [4.69, 9.17) is 4.52 Å². The highest BCUT2D eigenvalue weighted by molar-refractivity contribution is 7.90. The summed E-state index contributed by atoms with van der Waals surface area (Å²) in [5, 5.41) is 14.2. The van der Waals surface area contributed by atoms with E-state index in [-0.39, 0.29) is 11.6 Å². The van der Waals surface area contributed by atoms with Crippen molar-refractivity contribution in [3.05, 3.63) is 53.7 Å². The highest BCUT2D eigenvalue weighted by atomic mass is 32.2. The summed E-state index contributed by atoms with van der Waals surface area (Å²) in [4.78, 5) is 0. The van der Waals surface area contributed by atoms with Gasteiger partial charge in [0.05, 0.1) is 17.1 Å². The van der Waals surface area contributed by atoms with Crippen molar-refractivity contribution in [3.8, 4) is 5.69 Å². The van der Waals surface area contributed by atoms with Gasteiger partial charge in [-0.15, -0.1) is 5.10 Å². The zero-order chi connectivity index (χ0) is 16.4. The van der Waals surface area contributed by atoms with Crippen molar-refractivity contribution < 1.29 is 12.9 Å². The molecule has 0 aliphatic carbocycles. The fraction of sp³-hybridized carbons (Fsp3) is 0.286. The molecule has 0 saturated carbocycles. The van der Waals surface area contributed by atoms with Crippen molar-refractivity contribution in [1.29, 1.82) is 0 Å². The molecular weight excluding hydrogens is 318 g/mol. The van der Waals surface area contributed by atoms with E-state index in [1.165, 1.54) is 4.68 Å². The van der Waals surface area contributed by atoms with Gasteiger partial charge in [0.1, 0.15) is 11.0 Å². The number of aryl methyl sites for hydroxylation is 1. The van der Waals surface area contributed by atoms with Gasteiger partial charge in [0.15, 0.2) is 15.7 Å². The Morgan fingerprint density at radius 2 is 2.00 bits per heavy atom. The Bertz CT molecular complexity index is 901. The molecule has 1 atom stereocenters. The van der Waals surface area contributed by atoms with Gasteiger partial charge in [-0.2, -0.15) is 4.68 Å². The van der Waals surface area contributed by atoms with Crippen LogP contribution in [0, 0.1) is 6.92 Å². The van der Waals surface area contributed by atoms with Gasteiger partial charge in [0.2, 0.25) is 0 Å². The number of hydrogen-bond acceptors (Lipinski definition) is 7. The number of rotatable bonds is 5. The predicted molar refractivity (Wildman–Crippen MR) is 81.4 cm³/mol. The molecule has 0 amide bonds. The van der Waals surface area contributed by atoms with Crippen LogP contribution in [0.2, 0.25) is 0 Å². The largest absolute Gasteiger partial charge is 0.361 e. The van der Waals surface area contributed by atoms with Crippen molar-refractivity contribution in [2.45, 2.75) is 24.9 Å². The molecular formula is C14H15N5O3S. The first-order chi connectivity index (χ1) is 11.0. The molecule has 2 aromatic heterocycles. The Balaban J connectivity index is 1.91. The lowest BCUT2D eigenvalue weighted by atomic mass is 10.3. The second-order valence-electron chi connectivity index (χ2n) is 5.16. The van der Waals surface area contributed by atoms with E-state index in [9.17, 15) is 8.42 Å². The maximum Gasteiger partial charge on any atom is 0.174 e. The molecule has 1 aromatic carbocycles. The number of sulfone groups is 1. The van der Waals surface area contributed by atoms with Crippen LogP contribution in [0.4, 0.5) is 0 Å². The summed E-state index contributed by atoms with van der Waals surface area (Å²) >= 11 is 0. The van der Waals surface area contributed by atoms with E-state index >= 15 is 0 Å². The standard InChI is InChI=1S/C14H15N5O3S/c1-10-8-12(16-22-10)9-23(20,21)11(2)14-15-17-18-19(14)13-6-4-3-5-7-13/h3-8,11H,9H2,1-2H3/t11-/m1/s1. The lowest BCUT2D eigenvalue weighted by molar-refractivity contribution is 0.392. The molecule has 0 unspecified atom stereocenters. The minimum absolute atomic E-state index is 0.229. The average Bonchev–Trinajstić information content (AvgIpc) is 3.16. The lowest BCUT2D eigenvalue weighted by Crippen LogP contribution is -2.17. The highest BCUT2D eigenvalue weighted by Crippen LogP contribution is 2.24. The van der Waals surface area contributed by atoms with Crippen molar-refractivity contribution >= 4 is 9.84 Å². The number of para-hydroxylation sites is 1. The van der Waals surface area contributed by atoms with Gasteiger partial charge in [-0.1, -0.05) is 23.4 Å². The third-order valence-electron chi connectivity index (χ3n) is 3.42. The summed E-state index contributed by atoms with van der Waals surface area (Å²) in [6.45, 7) is 3.27. The second-order valence-corrected chi connectivity index (χ2v) is 7.48. The highest BCUT2D eigenvalue weighted by Gasteiger charge is 2.29. The number of aromatic nitrogens is 5. The monoisotopic (exact) mass is 333 g/mol. The molecule has 0 aliphatic rings. The van der Waals surface area contributed by atoms with Gasteiger partial charge in [0, 0.05) is 6.07 Å². The van der Waals surface area contributed by atoms with Crippen LogP contribution in [0.25, 0.3) is 5.69 Å². The van der Waals surface area contributed by atoms with Gasteiger partial charge in [0.25, 0.3) is 0 Å². The molecule has 0 aliphatic heterocycles. The molecule has 120 valence electrons. The van der Waals surface area contributed by atoms with Gasteiger partial charge in [-0.25, -0.2) is 8.42 Å². The number of tetrazole rings is 1. The number of nitrogens with zero attached hydrogens (tertiary/aromatic N) is 5. The summed E-state index contributed by atoms with van der Waals surface area (Å²) in [6, 6.07) is 10.7. The summed E-state index contributed by atoms with van der Waals surface area (Å²) in [5.41, 5.74) is 1.07. The molecule has 0 radical (unpaired) electrons. The summed E-state index contributed by atoms with van der Waals surface area (Å²) in [7, 11) is -3.54. The molecule has 3 aromatic rings. The van der Waals surface area contributed by atoms with Crippen molar-refractivity contribution in [2.24, 2.45) is 0 Å². The number of benzene rings is 1. The van der Waals surface area contributed by atoms with Crippen molar-refractivity contribution in [1.82, 2.24) is 25.4 Å². The van der Waals surface area contributed by atoms with E-state index in [0.29, 0.717) is 17.1 Å². The molecule has 0 N–H and O–H groups in total. The zero-order valence-corrected chi connectivity index (χ0v) is 13.4. The van der Waals surface area contributed by atoms with E-state index in [2.05, 4.69) is 20.7 Å². The fourth-order valence-electron chi connectivity index (χ4n) is 2.18. The Morgan fingerprint density at radius 3 is 2.65 bits per heavy atom. The van der Waals surface area contributed by atoms with Crippen molar-refractivity contribution in [3.63, 3.8) is 0 Å². The normalized spacial score (nSPS) is 13.1. The predicted octanol–water partition coefficient (Wildman–Crippen LogP) is 1.63. The Kier molecular flexibility index (Phi) is 3.95. The molecule has 8 nitrogen and oxygen atoms in total. The zero-order valence-electron chi connectivity index (χ0n) is 12.6. The Hall–Kier alpha value is -2.55. The third-order valence-corrected chi connectivity index (χ3v) is 5.41. The van der Waals surface area contributed by atoms with E-state index in [1.807, 2.05) is 18.2 Å². The van der Waals surface area contributed by atoms with Gasteiger partial charge < -0.3 is 4.52 Å². The Labute approximate surface area is 133 Å². The molecule has 23 heavy (non-hydrogen) atoms. The average molecular weight is 333 g/mol. The summed E-state index contributed by atoms with van der Waals surface area (Å²) in [6.07, 6.45) is 0. The van der Waals surface area contributed by atoms with Gasteiger partial charge in [-0.3, -0.25) is 0 Å². The first-order valence-corrected chi connectivity index (χ1v) is 8.66. The van der Waals surface area contributed by atoms with E-state index in [1.54, 1.807) is 32.0 Å². The number of hydrogen-bond donors (Lipinski definition) is 0.